The predicted molar refractivity (Wildman–Crippen MR) is 92.3 cm³/mol. The van der Waals surface area contributed by atoms with Crippen molar-refractivity contribution in [1.82, 2.24) is 4.90 Å². The van der Waals surface area contributed by atoms with Crippen LogP contribution in [0.3, 0.4) is 0 Å². The number of ether oxygens (including phenoxy) is 1. The molecule has 1 atom stereocenters. The van der Waals surface area contributed by atoms with Crippen LogP contribution in [0.15, 0.2) is 30.3 Å². The number of piperidine rings is 1. The van der Waals surface area contributed by atoms with Gasteiger partial charge < -0.3 is 4.74 Å². The van der Waals surface area contributed by atoms with Crippen molar-refractivity contribution in [2.75, 3.05) is 19.7 Å². The van der Waals surface area contributed by atoms with Gasteiger partial charge in [0.25, 0.3) is 0 Å². The number of carbonyl (C=O) groups excluding carboxylic acids is 1. The lowest BCUT2D eigenvalue weighted by Crippen LogP contribution is -2.52. The summed E-state index contributed by atoms with van der Waals surface area (Å²) >= 11 is 0. The minimum atomic E-state index is -0.363. The fourth-order valence-electron chi connectivity index (χ4n) is 4.40. The molecule has 1 aromatic carbocycles. The maximum absolute atomic E-state index is 12.8. The Kier molecular flexibility index (Phi) is 5.37. The number of hydrogen-bond donors (Lipinski definition) is 0. The molecule has 1 aliphatic carbocycles. The fraction of sp³-hybridized carbons (Fsp3) is 0.650. The summed E-state index contributed by atoms with van der Waals surface area (Å²) in [5.74, 6) is 0.00606. The molecule has 1 aromatic rings. The molecule has 23 heavy (non-hydrogen) atoms. The van der Waals surface area contributed by atoms with Crippen molar-refractivity contribution in [3.63, 3.8) is 0 Å². The van der Waals surface area contributed by atoms with E-state index in [0.29, 0.717) is 12.6 Å². The lowest BCUT2D eigenvalue weighted by molar-refractivity contribution is -0.159. The maximum atomic E-state index is 12.8. The van der Waals surface area contributed by atoms with Crippen molar-refractivity contribution in [2.24, 2.45) is 5.41 Å². The van der Waals surface area contributed by atoms with Crippen LogP contribution < -0.4 is 0 Å². The molecule has 1 aliphatic heterocycles. The van der Waals surface area contributed by atoms with E-state index in [2.05, 4.69) is 29.2 Å². The van der Waals surface area contributed by atoms with Gasteiger partial charge in [0, 0.05) is 12.6 Å². The van der Waals surface area contributed by atoms with E-state index in [0.717, 1.165) is 32.4 Å². The zero-order valence-corrected chi connectivity index (χ0v) is 14.3. The van der Waals surface area contributed by atoms with Crippen LogP contribution >= 0.6 is 0 Å². The highest BCUT2D eigenvalue weighted by atomic mass is 16.5. The SMILES string of the molecule is CCOC(=O)[C@@]1(Cc2ccccc2)CCCN(C2CCCC2)C1. The lowest BCUT2D eigenvalue weighted by Gasteiger charge is -2.43. The van der Waals surface area contributed by atoms with Crippen LogP contribution in [-0.2, 0) is 16.0 Å². The molecule has 2 aliphatic rings. The standard InChI is InChI=1S/C20H29NO2/c1-2-23-19(22)20(15-17-9-4-3-5-10-17)13-8-14-21(16-20)18-11-6-7-12-18/h3-5,9-10,18H,2,6-8,11-16H2,1H3/t20-/m1/s1. The predicted octanol–water partition coefficient (Wildman–Crippen LogP) is 3.82. The van der Waals surface area contributed by atoms with E-state index in [9.17, 15) is 4.79 Å². The average molecular weight is 315 g/mol. The lowest BCUT2D eigenvalue weighted by atomic mass is 9.74. The summed E-state index contributed by atoms with van der Waals surface area (Å²) in [7, 11) is 0. The van der Waals surface area contributed by atoms with Gasteiger partial charge >= 0.3 is 5.97 Å². The van der Waals surface area contributed by atoms with Crippen LogP contribution in [0.4, 0.5) is 0 Å². The second kappa shape index (κ2) is 7.48. The molecule has 0 aromatic heterocycles. The Morgan fingerprint density at radius 3 is 2.65 bits per heavy atom. The first-order chi connectivity index (χ1) is 11.2. The van der Waals surface area contributed by atoms with E-state index in [-0.39, 0.29) is 11.4 Å². The number of likely N-dealkylation sites (tertiary alicyclic amines) is 1. The van der Waals surface area contributed by atoms with Gasteiger partial charge in [-0.3, -0.25) is 9.69 Å². The molecule has 1 saturated heterocycles. The number of hydrogen-bond acceptors (Lipinski definition) is 3. The molecule has 3 heteroatoms. The summed E-state index contributed by atoms with van der Waals surface area (Å²) in [4.78, 5) is 15.4. The van der Waals surface area contributed by atoms with E-state index in [4.69, 9.17) is 4.74 Å². The zero-order chi connectivity index (χ0) is 16.1. The largest absolute Gasteiger partial charge is 0.466 e. The monoisotopic (exact) mass is 315 g/mol. The summed E-state index contributed by atoms with van der Waals surface area (Å²) in [5.41, 5.74) is 0.881. The number of nitrogens with zero attached hydrogens (tertiary/aromatic N) is 1. The van der Waals surface area contributed by atoms with Crippen molar-refractivity contribution in [1.29, 1.82) is 0 Å². The van der Waals surface area contributed by atoms with Gasteiger partial charge in [-0.25, -0.2) is 0 Å². The van der Waals surface area contributed by atoms with Gasteiger partial charge in [0.1, 0.15) is 0 Å². The Bertz CT molecular complexity index is 510. The van der Waals surface area contributed by atoms with Gasteiger partial charge in [0.05, 0.1) is 12.0 Å². The van der Waals surface area contributed by atoms with E-state index in [1.807, 2.05) is 13.0 Å². The first-order valence-electron chi connectivity index (χ1n) is 9.19. The molecule has 0 amide bonds. The summed E-state index contributed by atoms with van der Waals surface area (Å²) in [5, 5.41) is 0. The van der Waals surface area contributed by atoms with Crippen LogP contribution in [0.1, 0.15) is 51.0 Å². The molecule has 0 radical (unpaired) electrons. The number of esters is 1. The summed E-state index contributed by atoms with van der Waals surface area (Å²) in [6, 6.07) is 11.1. The van der Waals surface area contributed by atoms with E-state index in [1.165, 1.54) is 31.2 Å². The fourth-order valence-corrected chi connectivity index (χ4v) is 4.40. The van der Waals surface area contributed by atoms with Crippen molar-refractivity contribution in [2.45, 2.75) is 57.9 Å². The third kappa shape index (κ3) is 3.77. The molecule has 0 spiro atoms. The van der Waals surface area contributed by atoms with Gasteiger partial charge in [-0.1, -0.05) is 43.2 Å². The van der Waals surface area contributed by atoms with Crippen LogP contribution in [0, 0.1) is 5.41 Å². The van der Waals surface area contributed by atoms with Gasteiger partial charge in [-0.2, -0.15) is 0 Å². The Balaban J connectivity index is 1.80. The van der Waals surface area contributed by atoms with Gasteiger partial charge in [-0.15, -0.1) is 0 Å². The number of carbonyl (C=O) groups is 1. The minimum absolute atomic E-state index is 0.00606. The summed E-state index contributed by atoms with van der Waals surface area (Å²) < 4.78 is 5.50. The molecule has 1 heterocycles. The second-order valence-electron chi connectivity index (χ2n) is 7.18. The van der Waals surface area contributed by atoms with Crippen molar-refractivity contribution >= 4 is 5.97 Å². The third-order valence-corrected chi connectivity index (χ3v) is 5.54. The first kappa shape index (κ1) is 16.5. The molecule has 3 nitrogen and oxygen atoms in total. The molecular weight excluding hydrogens is 286 g/mol. The van der Waals surface area contributed by atoms with E-state index < -0.39 is 0 Å². The smallest absolute Gasteiger partial charge is 0.313 e. The molecular formula is C20H29NO2. The number of rotatable bonds is 5. The van der Waals surface area contributed by atoms with E-state index >= 15 is 0 Å². The van der Waals surface area contributed by atoms with Gasteiger partial charge in [0.15, 0.2) is 0 Å². The Morgan fingerprint density at radius 2 is 1.96 bits per heavy atom. The van der Waals surface area contributed by atoms with Gasteiger partial charge in [-0.05, 0) is 51.1 Å². The highest BCUT2D eigenvalue weighted by Gasteiger charge is 2.45. The Morgan fingerprint density at radius 1 is 1.22 bits per heavy atom. The third-order valence-electron chi connectivity index (χ3n) is 5.54. The van der Waals surface area contributed by atoms with Crippen LogP contribution in [-0.4, -0.2) is 36.6 Å². The van der Waals surface area contributed by atoms with Crippen molar-refractivity contribution in [3.8, 4) is 0 Å². The molecule has 1 saturated carbocycles. The summed E-state index contributed by atoms with van der Waals surface area (Å²) in [6.07, 6.45) is 8.12. The maximum Gasteiger partial charge on any atom is 0.313 e. The van der Waals surface area contributed by atoms with Crippen LogP contribution in [0.5, 0.6) is 0 Å². The first-order valence-corrected chi connectivity index (χ1v) is 9.19. The molecule has 3 rings (SSSR count). The quantitative estimate of drug-likeness (QED) is 0.774. The molecule has 0 unspecified atom stereocenters. The Hall–Kier alpha value is -1.35. The van der Waals surface area contributed by atoms with Gasteiger partial charge in [0.2, 0.25) is 0 Å². The highest BCUT2D eigenvalue weighted by molar-refractivity contribution is 5.77. The van der Waals surface area contributed by atoms with Crippen LogP contribution in [0.2, 0.25) is 0 Å². The van der Waals surface area contributed by atoms with E-state index in [1.54, 1.807) is 0 Å². The number of benzene rings is 1. The Labute approximate surface area is 140 Å². The molecule has 2 fully saturated rings. The van der Waals surface area contributed by atoms with Crippen LogP contribution in [0.25, 0.3) is 0 Å². The zero-order valence-electron chi connectivity index (χ0n) is 14.3. The minimum Gasteiger partial charge on any atom is -0.466 e. The topological polar surface area (TPSA) is 29.5 Å². The normalized spacial score (nSPS) is 26.3. The van der Waals surface area contributed by atoms with Crippen molar-refractivity contribution in [3.05, 3.63) is 35.9 Å². The highest BCUT2D eigenvalue weighted by Crippen LogP contribution is 2.38. The second-order valence-corrected chi connectivity index (χ2v) is 7.18. The summed E-state index contributed by atoms with van der Waals surface area (Å²) in [6.45, 7) is 4.39. The molecule has 0 N–H and O–H groups in total. The molecule has 0 bridgehead atoms. The van der Waals surface area contributed by atoms with Crippen molar-refractivity contribution < 1.29 is 9.53 Å². The average Bonchev–Trinajstić information content (AvgIpc) is 3.11. The molecule has 126 valence electrons.